The summed E-state index contributed by atoms with van der Waals surface area (Å²) in [6, 6.07) is 10.5. The lowest BCUT2D eigenvalue weighted by Gasteiger charge is -2.06. The number of carbonyl (C=O) groups excluding carboxylic acids is 1. The minimum atomic E-state index is -0.497. The molecule has 0 saturated heterocycles. The van der Waals surface area contributed by atoms with Crippen LogP contribution in [0.3, 0.4) is 0 Å². The van der Waals surface area contributed by atoms with Crippen LogP contribution in [0.15, 0.2) is 53.6 Å². The monoisotopic (exact) mass is 392 g/mol. The van der Waals surface area contributed by atoms with Crippen LogP contribution in [0.2, 0.25) is 0 Å². The Hall–Kier alpha value is -3.39. The van der Waals surface area contributed by atoms with Crippen molar-refractivity contribution in [2.24, 2.45) is 0 Å². The van der Waals surface area contributed by atoms with Crippen LogP contribution >= 0.6 is 11.3 Å². The summed E-state index contributed by atoms with van der Waals surface area (Å²) in [6.45, 7) is 3.56. The van der Waals surface area contributed by atoms with Gasteiger partial charge < -0.3 is 4.74 Å². The van der Waals surface area contributed by atoms with Crippen molar-refractivity contribution < 1.29 is 9.53 Å². The van der Waals surface area contributed by atoms with E-state index in [1.54, 1.807) is 25.4 Å². The molecule has 8 heteroatoms. The highest BCUT2D eigenvalue weighted by molar-refractivity contribution is 7.17. The number of nitrogens with zero attached hydrogens (tertiary/aromatic N) is 4. The van der Waals surface area contributed by atoms with Gasteiger partial charge in [-0.15, -0.1) is 11.3 Å². The molecule has 0 radical (unpaired) electrons. The van der Waals surface area contributed by atoms with Gasteiger partial charge in [-0.05, 0) is 37.6 Å². The molecule has 0 spiro atoms. The van der Waals surface area contributed by atoms with Crippen molar-refractivity contribution in [1.82, 2.24) is 19.4 Å². The third kappa shape index (κ3) is 3.54. The van der Waals surface area contributed by atoms with E-state index < -0.39 is 5.97 Å². The fourth-order valence-corrected chi connectivity index (χ4v) is 3.66. The van der Waals surface area contributed by atoms with Crippen molar-refractivity contribution in [2.75, 3.05) is 0 Å². The Labute approximate surface area is 164 Å². The second-order valence-electron chi connectivity index (χ2n) is 6.25. The summed E-state index contributed by atoms with van der Waals surface area (Å²) in [5.41, 5.74) is 2.93. The molecule has 4 rings (SSSR count). The van der Waals surface area contributed by atoms with Gasteiger partial charge >= 0.3 is 5.97 Å². The topological polar surface area (TPSA) is 86.4 Å². The quantitative estimate of drug-likeness (QED) is 0.496. The van der Waals surface area contributed by atoms with E-state index >= 15 is 0 Å². The fourth-order valence-electron chi connectivity index (χ4n) is 2.72. The zero-order chi connectivity index (χ0) is 19.7. The predicted octanol–water partition coefficient (Wildman–Crippen LogP) is 3.19. The van der Waals surface area contributed by atoms with E-state index in [4.69, 9.17) is 4.74 Å². The number of fused-ring (bicyclic) bond motifs is 1. The van der Waals surface area contributed by atoms with Crippen LogP contribution in [-0.4, -0.2) is 25.3 Å². The number of rotatable bonds is 4. The summed E-state index contributed by atoms with van der Waals surface area (Å²) >= 11 is 1.23. The van der Waals surface area contributed by atoms with E-state index in [9.17, 15) is 9.59 Å². The minimum absolute atomic E-state index is 0.0886. The maximum atomic E-state index is 12.5. The third-order valence-electron chi connectivity index (χ3n) is 4.08. The van der Waals surface area contributed by atoms with Crippen LogP contribution in [0.4, 0.5) is 0 Å². The Bertz CT molecular complexity index is 1230. The minimum Gasteiger partial charge on any atom is -0.455 e. The van der Waals surface area contributed by atoms with Crippen LogP contribution in [-0.2, 0) is 11.3 Å². The first-order valence-electron chi connectivity index (χ1n) is 8.56. The smallest absolute Gasteiger partial charge is 0.350 e. The van der Waals surface area contributed by atoms with E-state index in [2.05, 4.69) is 15.0 Å². The van der Waals surface area contributed by atoms with Crippen LogP contribution in [0.1, 0.15) is 26.6 Å². The molecule has 28 heavy (non-hydrogen) atoms. The molecule has 0 aliphatic heterocycles. The predicted molar refractivity (Wildman–Crippen MR) is 105 cm³/mol. The maximum absolute atomic E-state index is 12.5. The Kier molecular flexibility index (Phi) is 4.70. The molecule has 7 nitrogen and oxygen atoms in total. The summed E-state index contributed by atoms with van der Waals surface area (Å²) in [7, 11) is 0. The molecule has 0 aromatic carbocycles. The van der Waals surface area contributed by atoms with Crippen molar-refractivity contribution in [3.63, 3.8) is 0 Å². The number of esters is 1. The first kappa shape index (κ1) is 18.0. The van der Waals surface area contributed by atoms with Gasteiger partial charge in [0.2, 0.25) is 0 Å². The highest BCUT2D eigenvalue weighted by Gasteiger charge is 2.18. The highest BCUT2D eigenvalue weighted by atomic mass is 32.1. The summed E-state index contributed by atoms with van der Waals surface area (Å²) in [5.74, 6) is -0.497. The lowest BCUT2D eigenvalue weighted by atomic mass is 10.3. The second-order valence-corrected chi connectivity index (χ2v) is 7.24. The van der Waals surface area contributed by atoms with Crippen LogP contribution in [0.5, 0.6) is 0 Å². The van der Waals surface area contributed by atoms with Crippen LogP contribution < -0.4 is 5.56 Å². The zero-order valence-electron chi connectivity index (χ0n) is 15.2. The lowest BCUT2D eigenvalue weighted by molar-refractivity contribution is 0.0472. The first-order valence-corrected chi connectivity index (χ1v) is 9.38. The van der Waals surface area contributed by atoms with E-state index in [0.717, 1.165) is 5.56 Å². The van der Waals surface area contributed by atoms with E-state index in [-0.39, 0.29) is 12.2 Å². The Balaban J connectivity index is 1.54. The van der Waals surface area contributed by atoms with Gasteiger partial charge in [-0.1, -0.05) is 12.1 Å². The molecular weight excluding hydrogens is 376 g/mol. The zero-order valence-corrected chi connectivity index (χ0v) is 16.1. The number of carbonyl (C=O) groups is 1. The fraction of sp³-hybridized carbons (Fsp3) is 0.150. The van der Waals surface area contributed by atoms with Gasteiger partial charge in [0.15, 0.2) is 0 Å². The molecule has 4 heterocycles. The molecule has 0 aliphatic rings. The van der Waals surface area contributed by atoms with Crippen LogP contribution in [0.25, 0.3) is 16.3 Å². The molecule has 4 aromatic heterocycles. The molecule has 0 bridgehead atoms. The number of aryl methyl sites for hydroxylation is 2. The SMILES string of the molecule is Cc1ccc2nc(COC(=O)c3sc(-c4ccccn4)nc3C)cc(=O)n2c1. The van der Waals surface area contributed by atoms with Crippen molar-refractivity contribution in [2.45, 2.75) is 20.5 Å². The number of hydrogen-bond acceptors (Lipinski definition) is 7. The summed E-state index contributed by atoms with van der Waals surface area (Å²) in [5, 5.41) is 0.655. The number of aromatic nitrogens is 4. The highest BCUT2D eigenvalue weighted by Crippen LogP contribution is 2.27. The lowest BCUT2D eigenvalue weighted by Crippen LogP contribution is -2.16. The van der Waals surface area contributed by atoms with Gasteiger partial charge in [-0.25, -0.2) is 14.8 Å². The maximum Gasteiger partial charge on any atom is 0.350 e. The van der Waals surface area contributed by atoms with Gasteiger partial charge in [0.1, 0.15) is 22.1 Å². The second kappa shape index (κ2) is 7.32. The average Bonchev–Trinajstić information content (AvgIpc) is 3.09. The number of thiazole rings is 1. The molecule has 4 aromatic rings. The molecule has 0 N–H and O–H groups in total. The molecule has 0 fully saturated rings. The van der Waals surface area contributed by atoms with Crippen molar-refractivity contribution in [3.05, 3.63) is 81.0 Å². The van der Waals surface area contributed by atoms with Gasteiger partial charge in [-0.3, -0.25) is 14.2 Å². The normalized spacial score (nSPS) is 10.9. The van der Waals surface area contributed by atoms with Gasteiger partial charge in [0, 0.05) is 18.5 Å². The first-order chi connectivity index (χ1) is 13.5. The van der Waals surface area contributed by atoms with Crippen molar-refractivity contribution in [1.29, 1.82) is 0 Å². The molecular formula is C20H16N4O3S. The van der Waals surface area contributed by atoms with Crippen molar-refractivity contribution in [3.8, 4) is 10.7 Å². The largest absolute Gasteiger partial charge is 0.455 e. The number of pyridine rings is 2. The standard InChI is InChI=1S/C20H16N4O3S/c1-12-6-7-16-23-14(9-17(25)24(16)10-12)11-27-20(26)18-13(2)22-19(28-18)15-5-3-4-8-21-15/h3-10H,11H2,1-2H3. The van der Waals surface area contributed by atoms with E-state index in [1.165, 1.54) is 21.8 Å². The van der Waals surface area contributed by atoms with Gasteiger partial charge in [0.25, 0.3) is 5.56 Å². The molecule has 0 aliphatic carbocycles. The van der Waals surface area contributed by atoms with Crippen molar-refractivity contribution >= 4 is 23.0 Å². The Morgan fingerprint density at radius 3 is 2.82 bits per heavy atom. The summed E-state index contributed by atoms with van der Waals surface area (Å²) in [6.07, 6.45) is 3.40. The third-order valence-corrected chi connectivity index (χ3v) is 5.24. The molecule has 0 amide bonds. The Morgan fingerprint density at radius 2 is 2.04 bits per heavy atom. The van der Waals surface area contributed by atoms with Gasteiger partial charge in [-0.2, -0.15) is 0 Å². The summed E-state index contributed by atoms with van der Waals surface area (Å²) in [4.78, 5) is 38.2. The molecule has 0 atom stereocenters. The molecule has 0 saturated carbocycles. The molecule has 140 valence electrons. The van der Waals surface area contributed by atoms with Gasteiger partial charge in [0.05, 0.1) is 17.1 Å². The molecule has 0 unspecified atom stereocenters. The van der Waals surface area contributed by atoms with E-state index in [0.29, 0.717) is 32.6 Å². The number of ether oxygens (including phenoxy) is 1. The van der Waals surface area contributed by atoms with E-state index in [1.807, 2.05) is 31.2 Å². The summed E-state index contributed by atoms with van der Waals surface area (Å²) < 4.78 is 6.84. The average molecular weight is 392 g/mol. The number of hydrogen-bond donors (Lipinski definition) is 0. The Morgan fingerprint density at radius 1 is 1.18 bits per heavy atom. The van der Waals surface area contributed by atoms with Crippen LogP contribution in [0, 0.1) is 13.8 Å².